The molecule has 0 fully saturated rings. The highest BCUT2D eigenvalue weighted by molar-refractivity contribution is 7.90. The predicted molar refractivity (Wildman–Crippen MR) is 79.7 cm³/mol. The Hall–Kier alpha value is -2.41. The topological polar surface area (TPSA) is 75.3 Å². The molecule has 0 spiro atoms. The van der Waals surface area contributed by atoms with Crippen LogP contribution in [0.2, 0.25) is 0 Å². The molecule has 1 heterocycles. The van der Waals surface area contributed by atoms with Crippen LogP contribution < -0.4 is 10.0 Å². The lowest BCUT2D eigenvalue weighted by atomic mass is 9.91. The van der Waals surface area contributed by atoms with Crippen LogP contribution in [0.3, 0.4) is 0 Å². The number of halogens is 1. The number of carbonyl (C=O) groups is 1. The van der Waals surface area contributed by atoms with Crippen LogP contribution in [-0.2, 0) is 10.0 Å². The first kappa shape index (κ1) is 14.5. The number of carbonyl (C=O) groups excluding carboxylic acids is 1. The SMILES string of the molecule is CC(c1ccccc1F)c1cccc2c1NC(=O)NS2(=O)=O. The molecule has 2 amide bonds. The summed E-state index contributed by atoms with van der Waals surface area (Å²) >= 11 is 0. The number of nitrogens with one attached hydrogen (secondary N) is 2. The molecule has 1 aliphatic rings. The van der Waals surface area contributed by atoms with Crippen molar-refractivity contribution in [2.45, 2.75) is 17.7 Å². The predicted octanol–water partition coefficient (Wildman–Crippen LogP) is 2.80. The summed E-state index contributed by atoms with van der Waals surface area (Å²) in [7, 11) is -3.90. The third-order valence-corrected chi connectivity index (χ3v) is 5.03. The van der Waals surface area contributed by atoms with E-state index in [2.05, 4.69) is 5.32 Å². The van der Waals surface area contributed by atoms with Crippen molar-refractivity contribution in [3.05, 3.63) is 59.4 Å². The van der Waals surface area contributed by atoms with Gasteiger partial charge in [-0.1, -0.05) is 37.3 Å². The lowest BCUT2D eigenvalue weighted by molar-refractivity contribution is 0.256. The average Bonchev–Trinajstić information content (AvgIpc) is 2.45. The van der Waals surface area contributed by atoms with Crippen LogP contribution in [0, 0.1) is 5.82 Å². The smallest absolute Gasteiger partial charge is 0.306 e. The summed E-state index contributed by atoms with van der Waals surface area (Å²) < 4.78 is 39.9. The number of hydrogen-bond acceptors (Lipinski definition) is 3. The fraction of sp³-hybridized carbons (Fsp3) is 0.133. The van der Waals surface area contributed by atoms with Crippen molar-refractivity contribution in [3.63, 3.8) is 0 Å². The molecule has 0 bridgehead atoms. The molecule has 1 aliphatic heterocycles. The van der Waals surface area contributed by atoms with Gasteiger partial charge in [0.2, 0.25) is 0 Å². The Morgan fingerprint density at radius 3 is 2.45 bits per heavy atom. The van der Waals surface area contributed by atoms with Crippen molar-refractivity contribution >= 4 is 21.7 Å². The maximum absolute atomic E-state index is 14.0. The van der Waals surface area contributed by atoms with E-state index < -0.39 is 22.0 Å². The minimum Gasteiger partial charge on any atom is -0.306 e. The molecule has 2 aromatic carbocycles. The van der Waals surface area contributed by atoms with Gasteiger partial charge in [-0.2, -0.15) is 0 Å². The molecule has 0 aliphatic carbocycles. The molecule has 114 valence electrons. The van der Waals surface area contributed by atoms with E-state index in [1.165, 1.54) is 12.1 Å². The van der Waals surface area contributed by atoms with Crippen LogP contribution in [0.4, 0.5) is 14.9 Å². The van der Waals surface area contributed by atoms with Crippen molar-refractivity contribution in [1.29, 1.82) is 0 Å². The summed E-state index contributed by atoms with van der Waals surface area (Å²) in [6.45, 7) is 1.76. The van der Waals surface area contributed by atoms with Gasteiger partial charge in [0.05, 0.1) is 5.69 Å². The van der Waals surface area contributed by atoms with Crippen molar-refractivity contribution < 1.29 is 17.6 Å². The van der Waals surface area contributed by atoms with E-state index in [4.69, 9.17) is 0 Å². The third kappa shape index (κ3) is 2.33. The molecule has 2 aromatic rings. The van der Waals surface area contributed by atoms with Crippen molar-refractivity contribution in [3.8, 4) is 0 Å². The lowest BCUT2D eigenvalue weighted by Gasteiger charge is -2.24. The molecule has 22 heavy (non-hydrogen) atoms. The summed E-state index contributed by atoms with van der Waals surface area (Å²) in [5, 5.41) is 2.50. The Bertz CT molecular complexity index is 865. The van der Waals surface area contributed by atoms with Crippen LogP contribution in [0.15, 0.2) is 47.4 Å². The molecule has 1 atom stereocenters. The molecule has 0 aromatic heterocycles. The van der Waals surface area contributed by atoms with E-state index in [9.17, 15) is 17.6 Å². The van der Waals surface area contributed by atoms with Gasteiger partial charge >= 0.3 is 6.03 Å². The van der Waals surface area contributed by atoms with Crippen LogP contribution in [0.1, 0.15) is 24.0 Å². The van der Waals surface area contributed by atoms with Crippen molar-refractivity contribution in [1.82, 2.24) is 4.72 Å². The normalized spacial score (nSPS) is 17.1. The minimum absolute atomic E-state index is 0.0206. The molecule has 0 radical (unpaired) electrons. The molecule has 7 heteroatoms. The Labute approximate surface area is 127 Å². The van der Waals surface area contributed by atoms with Crippen molar-refractivity contribution in [2.75, 3.05) is 5.32 Å². The first-order valence-electron chi connectivity index (χ1n) is 6.61. The third-order valence-electron chi connectivity index (χ3n) is 3.65. The van der Waals surface area contributed by atoms with Gasteiger partial charge in [0.1, 0.15) is 10.7 Å². The summed E-state index contributed by atoms with van der Waals surface area (Å²) in [6, 6.07) is 10.1. The van der Waals surface area contributed by atoms with Gasteiger partial charge in [-0.25, -0.2) is 22.3 Å². The number of para-hydroxylation sites is 1. The number of fused-ring (bicyclic) bond motifs is 1. The first-order chi connectivity index (χ1) is 10.4. The zero-order chi connectivity index (χ0) is 15.9. The van der Waals surface area contributed by atoms with E-state index in [1.807, 2.05) is 4.72 Å². The van der Waals surface area contributed by atoms with Crippen molar-refractivity contribution in [2.24, 2.45) is 0 Å². The van der Waals surface area contributed by atoms with Gasteiger partial charge in [0.15, 0.2) is 0 Å². The highest BCUT2D eigenvalue weighted by Crippen LogP contribution is 2.36. The fourth-order valence-corrected chi connectivity index (χ4v) is 3.68. The fourth-order valence-electron chi connectivity index (χ4n) is 2.58. The second-order valence-electron chi connectivity index (χ2n) is 5.02. The average molecular weight is 320 g/mol. The van der Waals surface area contributed by atoms with Crippen LogP contribution in [0.25, 0.3) is 0 Å². The number of amides is 2. The molecule has 0 saturated carbocycles. The summed E-state index contributed by atoms with van der Waals surface area (Å²) in [5.41, 5.74) is 1.17. The number of benzene rings is 2. The monoisotopic (exact) mass is 320 g/mol. The maximum atomic E-state index is 14.0. The van der Waals surface area contributed by atoms with Gasteiger partial charge in [0.25, 0.3) is 10.0 Å². The number of hydrogen-bond donors (Lipinski definition) is 2. The highest BCUT2D eigenvalue weighted by Gasteiger charge is 2.31. The van der Waals surface area contributed by atoms with Gasteiger partial charge in [-0.15, -0.1) is 0 Å². The van der Waals surface area contributed by atoms with Crippen LogP contribution >= 0.6 is 0 Å². The number of anilines is 1. The zero-order valence-electron chi connectivity index (χ0n) is 11.6. The number of urea groups is 1. The van der Waals surface area contributed by atoms with E-state index in [0.29, 0.717) is 11.1 Å². The quantitative estimate of drug-likeness (QED) is 0.893. The molecule has 2 N–H and O–H groups in total. The first-order valence-corrected chi connectivity index (χ1v) is 8.09. The Balaban J connectivity index is 2.18. The Morgan fingerprint density at radius 1 is 1.05 bits per heavy atom. The van der Waals surface area contributed by atoms with Gasteiger partial charge < -0.3 is 5.32 Å². The summed E-state index contributed by atoms with van der Waals surface area (Å²) in [5.74, 6) is -0.791. The second kappa shape index (κ2) is 5.10. The lowest BCUT2D eigenvalue weighted by Crippen LogP contribution is -2.39. The van der Waals surface area contributed by atoms with E-state index in [0.717, 1.165) is 0 Å². The molecular formula is C15H13FN2O3S. The van der Waals surface area contributed by atoms with E-state index >= 15 is 0 Å². The van der Waals surface area contributed by atoms with Gasteiger partial charge in [-0.05, 0) is 23.3 Å². The van der Waals surface area contributed by atoms with Crippen LogP contribution in [0.5, 0.6) is 0 Å². The molecule has 5 nitrogen and oxygen atoms in total. The molecule has 0 saturated heterocycles. The van der Waals surface area contributed by atoms with Crippen LogP contribution in [-0.4, -0.2) is 14.4 Å². The highest BCUT2D eigenvalue weighted by atomic mass is 32.2. The van der Waals surface area contributed by atoms with Gasteiger partial charge in [-0.3, -0.25) is 0 Å². The van der Waals surface area contributed by atoms with E-state index in [1.54, 1.807) is 37.3 Å². The Kier molecular flexibility index (Phi) is 3.37. The molecular weight excluding hydrogens is 307 g/mol. The maximum Gasteiger partial charge on any atom is 0.333 e. The minimum atomic E-state index is -3.90. The number of sulfonamides is 1. The summed E-state index contributed by atoms with van der Waals surface area (Å²) in [6.07, 6.45) is 0. The molecule has 3 rings (SSSR count). The van der Waals surface area contributed by atoms with E-state index in [-0.39, 0.29) is 16.4 Å². The zero-order valence-corrected chi connectivity index (χ0v) is 12.4. The largest absolute Gasteiger partial charge is 0.333 e. The molecule has 1 unspecified atom stereocenters. The second-order valence-corrected chi connectivity index (χ2v) is 6.67. The summed E-state index contributed by atoms with van der Waals surface area (Å²) in [4.78, 5) is 11.5. The van der Waals surface area contributed by atoms with Gasteiger partial charge in [0, 0.05) is 5.92 Å². The standard InChI is InChI=1S/C15H13FN2O3S/c1-9(10-5-2-3-7-12(10)16)11-6-4-8-13-14(11)17-15(19)18-22(13,20)21/h2-9H,1H3,(H2,17,18,19). The number of rotatable bonds is 2. The Morgan fingerprint density at radius 2 is 1.73 bits per heavy atom.